The van der Waals surface area contributed by atoms with E-state index in [4.69, 9.17) is 0 Å². The number of nitrogens with zero attached hydrogens (tertiary/aromatic N) is 4. The highest BCUT2D eigenvalue weighted by Crippen LogP contribution is 2.27. The number of thiazole rings is 1. The lowest BCUT2D eigenvalue weighted by molar-refractivity contribution is 0.622. The van der Waals surface area contributed by atoms with E-state index >= 15 is 0 Å². The first-order valence-electron chi connectivity index (χ1n) is 7.54. The fourth-order valence-corrected chi connectivity index (χ4v) is 3.23. The van der Waals surface area contributed by atoms with Gasteiger partial charge >= 0.3 is 0 Å². The molecule has 2 heterocycles. The molecule has 23 heavy (non-hydrogen) atoms. The number of rotatable bonds is 6. The third kappa shape index (κ3) is 3.76. The first-order valence-corrected chi connectivity index (χ1v) is 8.42. The zero-order valence-electron chi connectivity index (χ0n) is 13.2. The van der Waals surface area contributed by atoms with Gasteiger partial charge < -0.3 is 9.47 Å². The minimum Gasteiger partial charge on any atom is -0.351 e. The Kier molecular flexibility index (Phi) is 4.71. The first-order chi connectivity index (χ1) is 11.1. The number of aryl methyl sites for hydroxylation is 2. The molecule has 0 fully saturated rings. The van der Waals surface area contributed by atoms with E-state index in [0.29, 0.717) is 0 Å². The second kappa shape index (κ2) is 6.91. The van der Waals surface area contributed by atoms with Gasteiger partial charge in [0, 0.05) is 43.5 Å². The minimum atomic E-state index is -0.226. The van der Waals surface area contributed by atoms with Crippen LogP contribution in [0.4, 0.5) is 9.52 Å². The average molecular weight is 330 g/mol. The number of anilines is 1. The molecule has 0 bridgehead atoms. The maximum absolute atomic E-state index is 13.0. The zero-order chi connectivity index (χ0) is 16.2. The van der Waals surface area contributed by atoms with Crippen molar-refractivity contribution in [2.75, 3.05) is 18.5 Å². The molecule has 0 unspecified atom stereocenters. The maximum Gasteiger partial charge on any atom is 0.185 e. The Morgan fingerprint density at radius 2 is 2.04 bits per heavy atom. The van der Waals surface area contributed by atoms with Crippen molar-refractivity contribution in [3.05, 3.63) is 53.7 Å². The van der Waals surface area contributed by atoms with Crippen molar-refractivity contribution in [1.29, 1.82) is 0 Å². The van der Waals surface area contributed by atoms with Crippen molar-refractivity contribution in [3.63, 3.8) is 0 Å². The Morgan fingerprint density at radius 3 is 2.74 bits per heavy atom. The lowest BCUT2D eigenvalue weighted by atomic mass is 10.2. The van der Waals surface area contributed by atoms with Crippen LogP contribution in [0.1, 0.15) is 12.2 Å². The standard InChI is InChI=1S/C17H19FN4S/c1-13-19-8-11-22(13)10-3-9-21(2)17-20-16(12-23-17)14-4-6-15(18)7-5-14/h4-8,11-12H,3,9-10H2,1-2H3. The van der Waals surface area contributed by atoms with Crippen molar-refractivity contribution in [2.24, 2.45) is 0 Å². The molecular weight excluding hydrogens is 311 g/mol. The third-order valence-corrected chi connectivity index (χ3v) is 4.73. The van der Waals surface area contributed by atoms with E-state index in [1.807, 2.05) is 31.7 Å². The Morgan fingerprint density at radius 1 is 1.26 bits per heavy atom. The zero-order valence-corrected chi connectivity index (χ0v) is 14.1. The summed E-state index contributed by atoms with van der Waals surface area (Å²) in [4.78, 5) is 11.0. The van der Waals surface area contributed by atoms with Crippen LogP contribution in [0.2, 0.25) is 0 Å². The summed E-state index contributed by atoms with van der Waals surface area (Å²) in [6.07, 6.45) is 4.86. The van der Waals surface area contributed by atoms with Crippen LogP contribution in [0.25, 0.3) is 11.3 Å². The Labute approximate surface area is 139 Å². The van der Waals surface area contributed by atoms with Crippen molar-refractivity contribution < 1.29 is 4.39 Å². The number of imidazole rings is 1. The number of hydrogen-bond donors (Lipinski definition) is 0. The predicted octanol–water partition coefficient (Wildman–Crippen LogP) is 3.98. The van der Waals surface area contributed by atoms with Gasteiger partial charge in [-0.2, -0.15) is 0 Å². The van der Waals surface area contributed by atoms with E-state index in [0.717, 1.165) is 41.7 Å². The molecule has 3 aromatic rings. The highest BCUT2D eigenvalue weighted by atomic mass is 32.1. The van der Waals surface area contributed by atoms with Gasteiger partial charge in [-0.25, -0.2) is 14.4 Å². The molecule has 0 atom stereocenters. The van der Waals surface area contributed by atoms with Crippen LogP contribution in [0.3, 0.4) is 0 Å². The molecule has 3 rings (SSSR count). The number of benzene rings is 1. The average Bonchev–Trinajstić information content (AvgIpc) is 3.18. The molecule has 4 nitrogen and oxygen atoms in total. The van der Waals surface area contributed by atoms with Gasteiger partial charge in [0.1, 0.15) is 11.6 Å². The highest BCUT2D eigenvalue weighted by molar-refractivity contribution is 7.14. The van der Waals surface area contributed by atoms with Crippen LogP contribution in [0.5, 0.6) is 0 Å². The molecule has 6 heteroatoms. The Balaban J connectivity index is 1.59. The predicted molar refractivity (Wildman–Crippen MR) is 92.4 cm³/mol. The van der Waals surface area contributed by atoms with Gasteiger partial charge in [0.15, 0.2) is 5.13 Å². The molecule has 0 saturated carbocycles. The van der Waals surface area contributed by atoms with E-state index in [2.05, 4.69) is 19.4 Å². The lowest BCUT2D eigenvalue weighted by Crippen LogP contribution is -2.19. The van der Waals surface area contributed by atoms with E-state index < -0.39 is 0 Å². The molecule has 0 spiro atoms. The SMILES string of the molecule is Cc1nccn1CCCN(C)c1nc(-c2ccc(F)cc2)cs1. The molecule has 2 aromatic heterocycles. The van der Waals surface area contributed by atoms with E-state index in [9.17, 15) is 4.39 Å². The van der Waals surface area contributed by atoms with Gasteiger partial charge in [-0.1, -0.05) is 0 Å². The van der Waals surface area contributed by atoms with Crippen LogP contribution in [-0.2, 0) is 6.54 Å². The summed E-state index contributed by atoms with van der Waals surface area (Å²) in [5.41, 5.74) is 1.83. The molecule has 0 aliphatic carbocycles. The topological polar surface area (TPSA) is 34.0 Å². The molecule has 0 amide bonds. The number of aromatic nitrogens is 3. The fraction of sp³-hybridized carbons (Fsp3) is 0.294. The van der Waals surface area contributed by atoms with Crippen LogP contribution in [-0.4, -0.2) is 28.1 Å². The minimum absolute atomic E-state index is 0.226. The normalized spacial score (nSPS) is 10.9. The number of halogens is 1. The van der Waals surface area contributed by atoms with Gasteiger partial charge in [0.05, 0.1) is 5.69 Å². The van der Waals surface area contributed by atoms with Crippen LogP contribution in [0.15, 0.2) is 42.0 Å². The summed E-state index contributed by atoms with van der Waals surface area (Å²) in [6.45, 7) is 3.89. The first kappa shape index (κ1) is 15.7. The summed E-state index contributed by atoms with van der Waals surface area (Å²) in [7, 11) is 2.05. The van der Waals surface area contributed by atoms with Gasteiger partial charge in [-0.3, -0.25) is 0 Å². The van der Waals surface area contributed by atoms with Crippen molar-refractivity contribution in [1.82, 2.24) is 14.5 Å². The van der Waals surface area contributed by atoms with Crippen molar-refractivity contribution in [2.45, 2.75) is 19.9 Å². The van der Waals surface area contributed by atoms with Gasteiger partial charge in [-0.15, -0.1) is 11.3 Å². The monoisotopic (exact) mass is 330 g/mol. The smallest absolute Gasteiger partial charge is 0.185 e. The Bertz CT molecular complexity index is 763. The second-order valence-electron chi connectivity index (χ2n) is 5.47. The second-order valence-corrected chi connectivity index (χ2v) is 6.30. The summed E-state index contributed by atoms with van der Waals surface area (Å²) in [5.74, 6) is 0.816. The molecule has 0 radical (unpaired) electrons. The molecule has 120 valence electrons. The molecule has 0 saturated heterocycles. The van der Waals surface area contributed by atoms with Crippen LogP contribution >= 0.6 is 11.3 Å². The molecule has 1 aromatic carbocycles. The van der Waals surface area contributed by atoms with E-state index in [-0.39, 0.29) is 5.82 Å². The van der Waals surface area contributed by atoms with Gasteiger partial charge in [-0.05, 0) is 37.6 Å². The largest absolute Gasteiger partial charge is 0.351 e. The van der Waals surface area contributed by atoms with E-state index in [1.54, 1.807) is 23.5 Å². The molecule has 0 aliphatic heterocycles. The van der Waals surface area contributed by atoms with Gasteiger partial charge in [0.25, 0.3) is 0 Å². The lowest BCUT2D eigenvalue weighted by Gasteiger charge is -2.15. The summed E-state index contributed by atoms with van der Waals surface area (Å²) < 4.78 is 15.1. The Hall–Kier alpha value is -2.21. The molecular formula is C17H19FN4S. The van der Waals surface area contributed by atoms with Crippen molar-refractivity contribution in [3.8, 4) is 11.3 Å². The van der Waals surface area contributed by atoms with E-state index in [1.165, 1.54) is 12.1 Å². The molecule has 0 aliphatic rings. The fourth-order valence-electron chi connectivity index (χ4n) is 2.41. The molecule has 0 N–H and O–H groups in total. The summed E-state index contributed by atoms with van der Waals surface area (Å²) >= 11 is 1.61. The number of hydrogen-bond acceptors (Lipinski definition) is 4. The third-order valence-electron chi connectivity index (χ3n) is 3.77. The summed E-state index contributed by atoms with van der Waals surface area (Å²) in [6, 6.07) is 6.45. The quantitative estimate of drug-likeness (QED) is 0.685. The van der Waals surface area contributed by atoms with Gasteiger partial charge in [0.2, 0.25) is 0 Å². The van der Waals surface area contributed by atoms with Crippen LogP contribution < -0.4 is 4.90 Å². The maximum atomic E-state index is 13.0. The van der Waals surface area contributed by atoms with Crippen molar-refractivity contribution >= 4 is 16.5 Å². The van der Waals surface area contributed by atoms with Crippen LogP contribution in [0, 0.1) is 12.7 Å². The summed E-state index contributed by atoms with van der Waals surface area (Å²) in [5, 5.41) is 2.99. The highest BCUT2D eigenvalue weighted by Gasteiger charge is 2.09.